The number of rotatable bonds is 5. The van der Waals surface area contributed by atoms with Gasteiger partial charge in [-0.3, -0.25) is 0 Å². The Bertz CT molecular complexity index is 567. The maximum atomic E-state index is 13.8. The fraction of sp³-hybridized carbons (Fsp3) is 0.250. The van der Waals surface area contributed by atoms with Gasteiger partial charge in [-0.1, -0.05) is 23.8 Å². The van der Waals surface area contributed by atoms with E-state index in [2.05, 4.69) is 0 Å². The van der Waals surface area contributed by atoms with Crippen molar-refractivity contribution >= 4 is 0 Å². The topological polar surface area (TPSA) is 44.5 Å². The lowest BCUT2D eigenvalue weighted by molar-refractivity contribution is 0.270. The van der Waals surface area contributed by atoms with Crippen LogP contribution in [0.3, 0.4) is 0 Å². The van der Waals surface area contributed by atoms with Gasteiger partial charge in [-0.15, -0.1) is 0 Å². The zero-order chi connectivity index (χ0) is 14.5. The molecule has 4 heteroatoms. The lowest BCUT2D eigenvalue weighted by atomic mass is 10.2. The molecule has 0 heterocycles. The molecule has 0 aromatic heterocycles. The summed E-state index contributed by atoms with van der Waals surface area (Å²) in [6.45, 7) is 4.01. The number of nitrogens with two attached hydrogens (primary N) is 1. The molecule has 2 rings (SSSR count). The van der Waals surface area contributed by atoms with E-state index in [9.17, 15) is 4.39 Å². The molecule has 0 aliphatic carbocycles. The van der Waals surface area contributed by atoms with Crippen LogP contribution in [0.25, 0.3) is 0 Å². The molecule has 0 unspecified atom stereocenters. The maximum Gasteiger partial charge on any atom is 0.197 e. The fourth-order valence-electron chi connectivity index (χ4n) is 1.66. The molecule has 0 amide bonds. The molecule has 0 saturated carbocycles. The molecule has 0 spiro atoms. The van der Waals surface area contributed by atoms with E-state index in [1.54, 1.807) is 19.1 Å². The largest absolute Gasteiger partial charge is 0.485 e. The highest BCUT2D eigenvalue weighted by Crippen LogP contribution is 2.33. The summed E-state index contributed by atoms with van der Waals surface area (Å²) in [4.78, 5) is 0. The second kappa shape index (κ2) is 6.39. The van der Waals surface area contributed by atoms with Gasteiger partial charge in [0.2, 0.25) is 0 Å². The third kappa shape index (κ3) is 3.71. The van der Waals surface area contributed by atoms with E-state index in [1.807, 2.05) is 31.2 Å². The lowest BCUT2D eigenvalue weighted by Crippen LogP contribution is -2.24. The van der Waals surface area contributed by atoms with Gasteiger partial charge < -0.3 is 15.2 Å². The van der Waals surface area contributed by atoms with Crippen molar-refractivity contribution in [3.8, 4) is 17.2 Å². The number of halogens is 1. The summed E-state index contributed by atoms with van der Waals surface area (Å²) in [7, 11) is 0. The normalized spacial score (nSPS) is 12.0. The second-order valence-corrected chi connectivity index (χ2v) is 4.77. The van der Waals surface area contributed by atoms with Crippen molar-refractivity contribution in [2.45, 2.75) is 19.9 Å². The summed E-state index contributed by atoms with van der Waals surface area (Å²) in [6.07, 6.45) is 0. The highest BCUT2D eigenvalue weighted by molar-refractivity contribution is 5.44. The van der Waals surface area contributed by atoms with Crippen LogP contribution in [0.5, 0.6) is 17.2 Å². The van der Waals surface area contributed by atoms with Gasteiger partial charge in [0, 0.05) is 6.04 Å². The van der Waals surface area contributed by atoms with Crippen LogP contribution in [-0.2, 0) is 0 Å². The minimum atomic E-state index is -0.463. The van der Waals surface area contributed by atoms with Crippen LogP contribution in [0, 0.1) is 12.7 Å². The highest BCUT2D eigenvalue weighted by Gasteiger charge is 2.12. The molecule has 2 N–H and O–H groups in total. The lowest BCUT2D eigenvalue weighted by Gasteiger charge is -2.14. The Morgan fingerprint density at radius 2 is 1.85 bits per heavy atom. The van der Waals surface area contributed by atoms with E-state index < -0.39 is 5.82 Å². The number of ether oxygens (including phenoxy) is 2. The van der Waals surface area contributed by atoms with E-state index in [1.165, 1.54) is 6.07 Å². The molecular weight excluding hydrogens is 257 g/mol. The van der Waals surface area contributed by atoms with Crippen molar-refractivity contribution in [3.63, 3.8) is 0 Å². The van der Waals surface area contributed by atoms with Crippen molar-refractivity contribution in [2.75, 3.05) is 6.61 Å². The molecule has 20 heavy (non-hydrogen) atoms. The summed E-state index contributed by atoms with van der Waals surface area (Å²) in [5.41, 5.74) is 6.75. The Morgan fingerprint density at radius 3 is 2.50 bits per heavy atom. The Hall–Kier alpha value is -2.07. The van der Waals surface area contributed by atoms with Crippen LogP contribution in [-0.4, -0.2) is 12.6 Å². The van der Waals surface area contributed by atoms with Crippen molar-refractivity contribution in [1.29, 1.82) is 0 Å². The fourth-order valence-corrected chi connectivity index (χ4v) is 1.66. The first-order chi connectivity index (χ1) is 9.56. The minimum absolute atomic E-state index is 0.0883. The number of aryl methyl sites for hydroxylation is 1. The molecular formula is C16H18FNO2. The quantitative estimate of drug-likeness (QED) is 0.905. The molecule has 0 aliphatic heterocycles. The summed E-state index contributed by atoms with van der Waals surface area (Å²) >= 11 is 0. The van der Waals surface area contributed by atoms with Crippen molar-refractivity contribution in [3.05, 3.63) is 53.8 Å². The maximum absolute atomic E-state index is 13.8. The van der Waals surface area contributed by atoms with Gasteiger partial charge in [0.15, 0.2) is 17.3 Å². The van der Waals surface area contributed by atoms with Crippen LogP contribution in [0.4, 0.5) is 4.39 Å². The Balaban J connectivity index is 2.22. The van der Waals surface area contributed by atoms with Gasteiger partial charge in [0.1, 0.15) is 12.4 Å². The third-order valence-electron chi connectivity index (χ3n) is 2.67. The molecule has 0 aliphatic rings. The van der Waals surface area contributed by atoms with Crippen LogP contribution in [0.1, 0.15) is 12.5 Å². The Morgan fingerprint density at radius 1 is 1.15 bits per heavy atom. The Labute approximate surface area is 118 Å². The first-order valence-corrected chi connectivity index (χ1v) is 6.47. The Kier molecular flexibility index (Phi) is 4.58. The number of hydrogen-bond donors (Lipinski definition) is 1. The number of hydrogen-bond acceptors (Lipinski definition) is 3. The molecule has 2 aromatic carbocycles. The summed E-state index contributed by atoms with van der Waals surface area (Å²) in [5, 5.41) is 0. The van der Waals surface area contributed by atoms with Gasteiger partial charge in [-0.25, -0.2) is 4.39 Å². The van der Waals surface area contributed by atoms with Crippen molar-refractivity contribution in [2.24, 2.45) is 5.73 Å². The minimum Gasteiger partial charge on any atom is -0.485 e. The summed E-state index contributed by atoms with van der Waals surface area (Å²) in [6, 6.07) is 11.9. The van der Waals surface area contributed by atoms with E-state index in [-0.39, 0.29) is 18.4 Å². The predicted molar refractivity (Wildman–Crippen MR) is 76.8 cm³/mol. The molecule has 0 fully saturated rings. The average Bonchev–Trinajstić information content (AvgIpc) is 2.40. The van der Waals surface area contributed by atoms with Crippen LogP contribution < -0.4 is 15.2 Å². The van der Waals surface area contributed by atoms with E-state index in [0.29, 0.717) is 11.5 Å². The molecule has 0 bridgehead atoms. The SMILES string of the molecule is Cc1ccc(Oc2cccc(F)c2OC[C@@H](C)N)cc1. The van der Waals surface area contributed by atoms with Gasteiger partial charge >= 0.3 is 0 Å². The molecule has 2 aromatic rings. The standard InChI is InChI=1S/C16H18FNO2/c1-11-6-8-13(9-7-11)20-15-5-3-4-14(17)16(15)19-10-12(2)18/h3-9,12H,10,18H2,1-2H3/t12-/m1/s1. The first-order valence-electron chi connectivity index (χ1n) is 6.47. The number of para-hydroxylation sites is 1. The highest BCUT2D eigenvalue weighted by atomic mass is 19.1. The van der Waals surface area contributed by atoms with Crippen LogP contribution in [0.2, 0.25) is 0 Å². The first kappa shape index (κ1) is 14.3. The van der Waals surface area contributed by atoms with Gasteiger partial charge in [0.25, 0.3) is 0 Å². The van der Waals surface area contributed by atoms with E-state index in [4.69, 9.17) is 15.2 Å². The second-order valence-electron chi connectivity index (χ2n) is 4.77. The van der Waals surface area contributed by atoms with Gasteiger partial charge in [0.05, 0.1) is 0 Å². The molecule has 106 valence electrons. The van der Waals surface area contributed by atoms with Crippen LogP contribution in [0.15, 0.2) is 42.5 Å². The van der Waals surface area contributed by atoms with Gasteiger partial charge in [-0.2, -0.15) is 0 Å². The van der Waals surface area contributed by atoms with Crippen molar-refractivity contribution in [1.82, 2.24) is 0 Å². The monoisotopic (exact) mass is 275 g/mol. The predicted octanol–water partition coefficient (Wildman–Crippen LogP) is 3.65. The molecule has 0 saturated heterocycles. The van der Waals surface area contributed by atoms with E-state index >= 15 is 0 Å². The molecule has 3 nitrogen and oxygen atoms in total. The van der Waals surface area contributed by atoms with Gasteiger partial charge in [-0.05, 0) is 38.1 Å². The molecule has 0 radical (unpaired) electrons. The summed E-state index contributed by atoms with van der Waals surface area (Å²) < 4.78 is 24.9. The smallest absolute Gasteiger partial charge is 0.197 e. The zero-order valence-corrected chi connectivity index (χ0v) is 11.6. The van der Waals surface area contributed by atoms with E-state index in [0.717, 1.165) is 5.56 Å². The van der Waals surface area contributed by atoms with Crippen molar-refractivity contribution < 1.29 is 13.9 Å². The average molecular weight is 275 g/mol. The summed E-state index contributed by atoms with van der Waals surface area (Å²) in [5.74, 6) is 0.599. The molecule has 1 atom stereocenters. The number of benzene rings is 2. The van der Waals surface area contributed by atoms with Crippen LogP contribution >= 0.6 is 0 Å². The third-order valence-corrected chi connectivity index (χ3v) is 2.67. The zero-order valence-electron chi connectivity index (χ0n) is 11.6.